The number of amides is 2. The number of hydrogen-bond acceptors (Lipinski definition) is 6. The van der Waals surface area contributed by atoms with Crippen LogP contribution in [0.25, 0.3) is 11.0 Å². The highest BCUT2D eigenvalue weighted by Crippen LogP contribution is 2.35. The van der Waals surface area contributed by atoms with Gasteiger partial charge in [0.05, 0.1) is 19.7 Å². The van der Waals surface area contributed by atoms with Gasteiger partial charge in [-0.2, -0.15) is 0 Å². The molecular weight excluding hydrogens is 506 g/mol. The summed E-state index contributed by atoms with van der Waals surface area (Å²) in [5.41, 5.74) is 4.19. The van der Waals surface area contributed by atoms with Crippen LogP contribution in [0.3, 0.4) is 0 Å². The second-order valence-corrected chi connectivity index (χ2v) is 10.5. The van der Waals surface area contributed by atoms with E-state index in [4.69, 9.17) is 9.47 Å². The molecule has 9 heteroatoms. The first-order valence-electron chi connectivity index (χ1n) is 13.3. The third-order valence-corrected chi connectivity index (χ3v) is 7.32. The molecule has 0 unspecified atom stereocenters. The van der Waals surface area contributed by atoms with E-state index in [0.717, 1.165) is 16.6 Å². The molecule has 1 aromatic heterocycles. The van der Waals surface area contributed by atoms with Crippen molar-refractivity contribution in [3.63, 3.8) is 0 Å². The Kier molecular flexibility index (Phi) is 8.42. The number of hydrogen-bond donors (Lipinski definition) is 1. The molecule has 4 rings (SSSR count). The van der Waals surface area contributed by atoms with Crippen molar-refractivity contribution in [2.45, 2.75) is 59.2 Å². The topological polar surface area (TPSA) is 98.6 Å². The zero-order valence-electron chi connectivity index (χ0n) is 24.2. The quantitative estimate of drug-likeness (QED) is 0.297. The fourth-order valence-corrected chi connectivity index (χ4v) is 4.48. The largest absolute Gasteiger partial charge is 0.493 e. The number of nitrogens with zero attached hydrogens (tertiary/aromatic N) is 4. The number of aromatic nitrogens is 3. The highest BCUT2D eigenvalue weighted by Gasteiger charge is 2.36. The SMILES string of the molecule is CCC(C)(C)NC(=O)[C@H](c1ccc(OC)c(OC)c1)N(C(=O)Cn1nnc2ccccc21)c1ccc(C)c(C)c1. The van der Waals surface area contributed by atoms with Gasteiger partial charge < -0.3 is 14.8 Å². The molecule has 40 heavy (non-hydrogen) atoms. The Balaban J connectivity index is 1.89. The summed E-state index contributed by atoms with van der Waals surface area (Å²) in [6, 6.07) is 17.5. The number of benzene rings is 3. The number of rotatable bonds is 10. The van der Waals surface area contributed by atoms with Gasteiger partial charge in [0, 0.05) is 11.2 Å². The van der Waals surface area contributed by atoms with E-state index in [9.17, 15) is 9.59 Å². The molecule has 0 spiro atoms. The van der Waals surface area contributed by atoms with Crippen LogP contribution in [0.5, 0.6) is 11.5 Å². The van der Waals surface area contributed by atoms with Gasteiger partial charge in [-0.1, -0.05) is 36.4 Å². The van der Waals surface area contributed by atoms with E-state index >= 15 is 0 Å². The van der Waals surface area contributed by atoms with E-state index in [1.165, 1.54) is 0 Å². The minimum atomic E-state index is -1.00. The molecule has 210 valence electrons. The molecule has 0 radical (unpaired) electrons. The highest BCUT2D eigenvalue weighted by molar-refractivity contribution is 6.02. The van der Waals surface area contributed by atoms with Crippen LogP contribution >= 0.6 is 0 Å². The van der Waals surface area contributed by atoms with Crippen LogP contribution in [-0.2, 0) is 16.1 Å². The van der Waals surface area contributed by atoms with Gasteiger partial charge in [0.1, 0.15) is 18.1 Å². The third kappa shape index (κ3) is 5.93. The molecule has 0 aliphatic rings. The number of methoxy groups -OCH3 is 2. The smallest absolute Gasteiger partial charge is 0.249 e. The standard InChI is InChI=1S/C31H37N5O4/c1-8-31(4,5)32-30(38)29(22-14-16-26(39-6)27(18-22)40-7)36(23-15-13-20(2)21(3)17-23)28(37)19-35-25-12-10-9-11-24(25)33-34-35/h9-18,29H,8,19H2,1-7H3,(H,32,38)/t29-/m0/s1. The van der Waals surface area contributed by atoms with Crippen molar-refractivity contribution >= 4 is 28.5 Å². The number of aryl methyl sites for hydroxylation is 2. The Morgan fingerprint density at radius 1 is 0.975 bits per heavy atom. The van der Waals surface area contributed by atoms with Crippen molar-refractivity contribution in [2.24, 2.45) is 0 Å². The number of ether oxygens (including phenoxy) is 2. The van der Waals surface area contributed by atoms with E-state index in [-0.39, 0.29) is 18.4 Å². The summed E-state index contributed by atoms with van der Waals surface area (Å²) in [4.78, 5) is 30.0. The minimum absolute atomic E-state index is 0.109. The molecule has 1 N–H and O–H groups in total. The van der Waals surface area contributed by atoms with Crippen LogP contribution in [-0.4, -0.2) is 46.6 Å². The molecular formula is C31H37N5O4. The van der Waals surface area contributed by atoms with Crippen molar-refractivity contribution in [3.05, 3.63) is 77.4 Å². The highest BCUT2D eigenvalue weighted by atomic mass is 16.5. The van der Waals surface area contributed by atoms with Gasteiger partial charge >= 0.3 is 0 Å². The average molecular weight is 544 g/mol. The average Bonchev–Trinajstić information content (AvgIpc) is 3.35. The lowest BCUT2D eigenvalue weighted by atomic mass is 9.97. The Morgan fingerprint density at radius 3 is 2.38 bits per heavy atom. The van der Waals surface area contributed by atoms with Crippen LogP contribution in [0, 0.1) is 13.8 Å². The normalized spacial score (nSPS) is 12.2. The van der Waals surface area contributed by atoms with Crippen molar-refractivity contribution in [2.75, 3.05) is 19.1 Å². The van der Waals surface area contributed by atoms with Gasteiger partial charge in [0.2, 0.25) is 11.8 Å². The van der Waals surface area contributed by atoms with Crippen molar-refractivity contribution < 1.29 is 19.1 Å². The van der Waals surface area contributed by atoms with Crippen LogP contribution in [0.15, 0.2) is 60.7 Å². The summed E-state index contributed by atoms with van der Waals surface area (Å²) < 4.78 is 12.6. The van der Waals surface area contributed by atoms with Crippen molar-refractivity contribution in [1.82, 2.24) is 20.3 Å². The summed E-state index contributed by atoms with van der Waals surface area (Å²) in [5.74, 6) is 0.358. The molecule has 2 amide bonds. The zero-order chi connectivity index (χ0) is 29.0. The number of carbonyl (C=O) groups is 2. The molecule has 0 saturated heterocycles. The van der Waals surface area contributed by atoms with Gasteiger partial charge in [0.15, 0.2) is 11.5 Å². The third-order valence-electron chi connectivity index (χ3n) is 7.32. The maximum absolute atomic E-state index is 14.3. The summed E-state index contributed by atoms with van der Waals surface area (Å²) in [6.07, 6.45) is 0.708. The number of nitrogens with one attached hydrogen (secondary N) is 1. The predicted octanol–water partition coefficient (Wildman–Crippen LogP) is 5.14. The number of fused-ring (bicyclic) bond motifs is 1. The monoisotopic (exact) mass is 543 g/mol. The summed E-state index contributed by atoms with van der Waals surface area (Å²) in [7, 11) is 3.10. The molecule has 0 aliphatic carbocycles. The van der Waals surface area contributed by atoms with Crippen LogP contribution in [0.4, 0.5) is 5.69 Å². The second kappa shape index (κ2) is 11.8. The molecule has 0 aliphatic heterocycles. The van der Waals surface area contributed by atoms with Gasteiger partial charge in [-0.15, -0.1) is 5.10 Å². The Labute approximate surface area is 235 Å². The Bertz CT molecular complexity index is 1530. The van der Waals surface area contributed by atoms with Crippen molar-refractivity contribution in [3.8, 4) is 11.5 Å². The van der Waals surface area contributed by atoms with Crippen molar-refractivity contribution in [1.29, 1.82) is 0 Å². The molecule has 1 heterocycles. The molecule has 0 bridgehead atoms. The molecule has 9 nitrogen and oxygen atoms in total. The zero-order valence-corrected chi connectivity index (χ0v) is 24.2. The lowest BCUT2D eigenvalue weighted by Gasteiger charge is -2.35. The number of carbonyl (C=O) groups excluding carboxylic acids is 2. The van der Waals surface area contributed by atoms with Crippen LogP contribution < -0.4 is 19.7 Å². The number of para-hydroxylation sites is 1. The fourth-order valence-electron chi connectivity index (χ4n) is 4.48. The first-order valence-corrected chi connectivity index (χ1v) is 13.3. The molecule has 0 fully saturated rings. The van der Waals surface area contributed by atoms with E-state index in [1.54, 1.807) is 42.0 Å². The minimum Gasteiger partial charge on any atom is -0.493 e. The lowest BCUT2D eigenvalue weighted by Crippen LogP contribution is -2.51. The second-order valence-electron chi connectivity index (χ2n) is 10.5. The summed E-state index contributed by atoms with van der Waals surface area (Å²) >= 11 is 0. The molecule has 0 saturated carbocycles. The molecule has 4 aromatic rings. The van der Waals surface area contributed by atoms with Gasteiger partial charge in [-0.25, -0.2) is 4.68 Å². The van der Waals surface area contributed by atoms with Crippen LogP contribution in [0.2, 0.25) is 0 Å². The fraction of sp³-hybridized carbons (Fsp3) is 0.355. The van der Waals surface area contributed by atoms with Gasteiger partial charge in [-0.3, -0.25) is 14.5 Å². The van der Waals surface area contributed by atoms with Gasteiger partial charge in [-0.05, 0) is 87.2 Å². The summed E-state index contributed by atoms with van der Waals surface area (Å²) in [6.45, 7) is 9.81. The molecule has 1 atom stereocenters. The number of anilines is 1. The maximum Gasteiger partial charge on any atom is 0.249 e. The Hall–Kier alpha value is -4.40. The van der Waals surface area contributed by atoms with Crippen LogP contribution in [0.1, 0.15) is 49.9 Å². The maximum atomic E-state index is 14.3. The summed E-state index contributed by atoms with van der Waals surface area (Å²) in [5, 5.41) is 11.6. The lowest BCUT2D eigenvalue weighted by molar-refractivity contribution is -0.128. The van der Waals surface area contributed by atoms with E-state index in [0.29, 0.717) is 34.7 Å². The molecule has 3 aromatic carbocycles. The Morgan fingerprint density at radius 2 is 1.70 bits per heavy atom. The predicted molar refractivity (Wildman–Crippen MR) is 156 cm³/mol. The van der Waals surface area contributed by atoms with E-state index in [2.05, 4.69) is 15.6 Å². The van der Waals surface area contributed by atoms with Gasteiger partial charge in [0.25, 0.3) is 0 Å². The first kappa shape index (κ1) is 28.6. The first-order chi connectivity index (χ1) is 19.1. The van der Waals surface area contributed by atoms with E-state index < -0.39 is 11.6 Å². The van der Waals surface area contributed by atoms with E-state index in [1.807, 2.05) is 77.1 Å².